The van der Waals surface area contributed by atoms with E-state index >= 15 is 0 Å². The van der Waals surface area contributed by atoms with Crippen molar-refractivity contribution >= 4 is 29.9 Å². The van der Waals surface area contributed by atoms with Crippen LogP contribution in [0.2, 0.25) is 0 Å². The summed E-state index contributed by atoms with van der Waals surface area (Å²) in [5.41, 5.74) is 1.09. The predicted molar refractivity (Wildman–Crippen MR) is 119 cm³/mol. The minimum Gasteiger partial charge on any atom is -0.493 e. The molecule has 6 heteroatoms. The first-order chi connectivity index (χ1) is 12.3. The van der Waals surface area contributed by atoms with Gasteiger partial charge in [-0.2, -0.15) is 0 Å². The maximum atomic E-state index is 6.27. The zero-order valence-electron chi connectivity index (χ0n) is 16.1. The van der Waals surface area contributed by atoms with Gasteiger partial charge in [-0.3, -0.25) is 4.99 Å². The van der Waals surface area contributed by atoms with Crippen molar-refractivity contribution in [2.45, 2.75) is 51.7 Å². The molecule has 2 N–H and O–H groups in total. The molecule has 0 aromatic heterocycles. The lowest BCUT2D eigenvalue weighted by Crippen LogP contribution is -2.37. The monoisotopic (exact) mass is 473 g/mol. The summed E-state index contributed by atoms with van der Waals surface area (Å²) >= 11 is 0. The van der Waals surface area contributed by atoms with E-state index in [1.807, 2.05) is 19.1 Å². The number of hydrogen-bond donors (Lipinski definition) is 2. The van der Waals surface area contributed by atoms with Gasteiger partial charge in [-0.1, -0.05) is 24.3 Å². The van der Waals surface area contributed by atoms with Crippen LogP contribution in [0.5, 0.6) is 11.5 Å². The molecule has 1 aromatic carbocycles. The molecule has 0 bridgehead atoms. The van der Waals surface area contributed by atoms with E-state index < -0.39 is 0 Å². The van der Waals surface area contributed by atoms with Crippen LogP contribution in [0.1, 0.15) is 44.6 Å². The third-order valence-corrected chi connectivity index (χ3v) is 4.38. The molecule has 0 amide bonds. The van der Waals surface area contributed by atoms with Gasteiger partial charge in [-0.25, -0.2) is 0 Å². The van der Waals surface area contributed by atoms with E-state index in [0.717, 1.165) is 48.8 Å². The highest BCUT2D eigenvalue weighted by Gasteiger charge is 2.20. The van der Waals surface area contributed by atoms with E-state index in [1.165, 1.54) is 12.8 Å². The van der Waals surface area contributed by atoms with Crippen molar-refractivity contribution in [1.82, 2.24) is 10.6 Å². The molecule has 0 radical (unpaired) electrons. The van der Waals surface area contributed by atoms with E-state index in [9.17, 15) is 0 Å². The number of ether oxygens (including phenoxy) is 2. The van der Waals surface area contributed by atoms with Crippen molar-refractivity contribution in [3.8, 4) is 11.5 Å². The highest BCUT2D eigenvalue weighted by atomic mass is 127. The zero-order chi connectivity index (χ0) is 17.9. The summed E-state index contributed by atoms with van der Waals surface area (Å²) in [6.07, 6.45) is 10.2. The molecule has 0 saturated heterocycles. The molecule has 1 aromatic rings. The summed E-state index contributed by atoms with van der Waals surface area (Å²) in [6, 6.07) is 6.03. The fourth-order valence-corrected chi connectivity index (χ4v) is 3.01. The molecule has 5 nitrogen and oxygen atoms in total. The second-order valence-corrected chi connectivity index (χ2v) is 6.18. The smallest absolute Gasteiger partial charge is 0.191 e. The zero-order valence-corrected chi connectivity index (χ0v) is 18.4. The van der Waals surface area contributed by atoms with Crippen molar-refractivity contribution < 1.29 is 9.47 Å². The predicted octanol–water partition coefficient (Wildman–Crippen LogP) is 4.27. The normalized spacial score (nSPS) is 15.0. The molecule has 0 heterocycles. The lowest BCUT2D eigenvalue weighted by Gasteiger charge is -2.20. The SMILES string of the molecule is C/C=C/CCNC(=NC)NCc1cccc(OC)c1OC1CCCC1.I. The molecular weight excluding hydrogens is 441 g/mol. The van der Waals surface area contributed by atoms with Gasteiger partial charge < -0.3 is 20.1 Å². The molecule has 1 aliphatic rings. The average molecular weight is 473 g/mol. The second-order valence-electron chi connectivity index (χ2n) is 6.18. The second kappa shape index (κ2) is 12.8. The largest absolute Gasteiger partial charge is 0.493 e. The number of hydrogen-bond acceptors (Lipinski definition) is 3. The molecule has 1 aliphatic carbocycles. The Morgan fingerprint density at radius 1 is 1.27 bits per heavy atom. The molecule has 146 valence electrons. The number of guanidine groups is 1. The minimum absolute atomic E-state index is 0. The van der Waals surface area contributed by atoms with Crippen LogP contribution in [0.25, 0.3) is 0 Å². The molecule has 0 atom stereocenters. The molecule has 1 saturated carbocycles. The van der Waals surface area contributed by atoms with Gasteiger partial charge in [0.2, 0.25) is 0 Å². The number of rotatable bonds is 8. The number of halogens is 1. The van der Waals surface area contributed by atoms with Crippen LogP contribution in [0.15, 0.2) is 35.3 Å². The van der Waals surface area contributed by atoms with E-state index in [-0.39, 0.29) is 24.0 Å². The van der Waals surface area contributed by atoms with Crippen molar-refractivity contribution in [2.24, 2.45) is 4.99 Å². The maximum Gasteiger partial charge on any atom is 0.191 e. The van der Waals surface area contributed by atoms with Gasteiger partial charge in [0.05, 0.1) is 13.2 Å². The number of para-hydroxylation sites is 1. The van der Waals surface area contributed by atoms with Gasteiger partial charge in [-0.05, 0) is 45.1 Å². The van der Waals surface area contributed by atoms with Crippen LogP contribution in [-0.2, 0) is 6.54 Å². The van der Waals surface area contributed by atoms with Gasteiger partial charge in [0.15, 0.2) is 17.5 Å². The van der Waals surface area contributed by atoms with E-state index in [1.54, 1.807) is 14.2 Å². The topological polar surface area (TPSA) is 54.9 Å². The fraction of sp³-hybridized carbons (Fsp3) is 0.550. The Morgan fingerprint density at radius 2 is 2.04 bits per heavy atom. The van der Waals surface area contributed by atoms with Gasteiger partial charge >= 0.3 is 0 Å². The number of nitrogens with one attached hydrogen (secondary N) is 2. The van der Waals surface area contributed by atoms with Crippen LogP contribution in [0.4, 0.5) is 0 Å². The summed E-state index contributed by atoms with van der Waals surface area (Å²) < 4.78 is 11.8. The van der Waals surface area contributed by atoms with Crippen LogP contribution in [0.3, 0.4) is 0 Å². The lowest BCUT2D eigenvalue weighted by molar-refractivity contribution is 0.198. The van der Waals surface area contributed by atoms with Gasteiger partial charge in [-0.15, -0.1) is 24.0 Å². The Hall–Kier alpha value is -1.44. The first-order valence-corrected chi connectivity index (χ1v) is 9.16. The highest BCUT2D eigenvalue weighted by Crippen LogP contribution is 2.34. The molecular formula is C20H32IN3O2. The lowest BCUT2D eigenvalue weighted by atomic mass is 10.1. The fourth-order valence-electron chi connectivity index (χ4n) is 3.01. The van der Waals surface area contributed by atoms with Crippen LogP contribution >= 0.6 is 24.0 Å². The van der Waals surface area contributed by atoms with Gasteiger partial charge in [0.25, 0.3) is 0 Å². The summed E-state index contributed by atoms with van der Waals surface area (Å²) in [6.45, 7) is 3.53. The van der Waals surface area contributed by atoms with E-state index in [4.69, 9.17) is 9.47 Å². The van der Waals surface area contributed by atoms with Crippen LogP contribution < -0.4 is 20.1 Å². The maximum absolute atomic E-state index is 6.27. The Bertz CT molecular complexity index is 584. The Morgan fingerprint density at radius 3 is 2.69 bits per heavy atom. The molecule has 0 spiro atoms. The van der Waals surface area contributed by atoms with Crippen molar-refractivity contribution in [3.05, 3.63) is 35.9 Å². The summed E-state index contributed by atoms with van der Waals surface area (Å²) in [5, 5.41) is 6.67. The first kappa shape index (κ1) is 22.6. The molecule has 2 rings (SSSR count). The van der Waals surface area contributed by atoms with Crippen LogP contribution in [0, 0.1) is 0 Å². The summed E-state index contributed by atoms with van der Waals surface area (Å²) in [5.74, 6) is 2.44. The molecule has 0 unspecified atom stereocenters. The average Bonchev–Trinajstić information content (AvgIpc) is 3.15. The van der Waals surface area contributed by atoms with E-state index in [2.05, 4.69) is 33.8 Å². The number of methoxy groups -OCH3 is 1. The van der Waals surface area contributed by atoms with Gasteiger partial charge in [0.1, 0.15) is 0 Å². The van der Waals surface area contributed by atoms with Gasteiger partial charge in [0, 0.05) is 25.7 Å². The Kier molecular flexibility index (Phi) is 11.2. The minimum atomic E-state index is 0. The van der Waals surface area contributed by atoms with Crippen molar-refractivity contribution in [3.63, 3.8) is 0 Å². The third-order valence-electron chi connectivity index (χ3n) is 4.38. The molecule has 0 aliphatic heterocycles. The summed E-state index contributed by atoms with van der Waals surface area (Å²) in [4.78, 5) is 4.27. The van der Waals surface area contributed by atoms with Crippen molar-refractivity contribution in [1.29, 1.82) is 0 Å². The number of benzene rings is 1. The van der Waals surface area contributed by atoms with Crippen LogP contribution in [-0.4, -0.2) is 32.8 Å². The third kappa shape index (κ3) is 7.05. The molecule has 26 heavy (non-hydrogen) atoms. The van der Waals surface area contributed by atoms with Crippen molar-refractivity contribution in [2.75, 3.05) is 20.7 Å². The number of aliphatic imine (C=N–C) groups is 1. The summed E-state index contributed by atoms with van der Waals surface area (Å²) in [7, 11) is 3.47. The van der Waals surface area contributed by atoms with E-state index in [0.29, 0.717) is 12.6 Å². The molecule has 1 fully saturated rings. The highest BCUT2D eigenvalue weighted by molar-refractivity contribution is 14.0. The first-order valence-electron chi connectivity index (χ1n) is 9.16. The Balaban J connectivity index is 0.00000338. The number of allylic oxidation sites excluding steroid dienone is 1. The number of nitrogens with zero attached hydrogens (tertiary/aromatic N) is 1. The Labute approximate surface area is 174 Å². The standard InChI is InChI=1S/C20H31N3O2.HI/c1-4-5-8-14-22-20(21-2)23-15-16-10-9-13-18(24-3)19(16)25-17-11-6-7-12-17;/h4-5,9-10,13,17H,6-8,11-12,14-15H2,1-3H3,(H2,21,22,23);1H/b5-4+;. The quantitative estimate of drug-likeness (QED) is 0.195.